The first kappa shape index (κ1) is 21.0. The highest BCUT2D eigenvalue weighted by Gasteiger charge is 2.27. The van der Waals surface area contributed by atoms with Crippen molar-refractivity contribution in [2.75, 3.05) is 7.11 Å². The summed E-state index contributed by atoms with van der Waals surface area (Å²) in [5.41, 5.74) is 6.25. The molecule has 2 amide bonds. The van der Waals surface area contributed by atoms with Gasteiger partial charge >= 0.3 is 5.97 Å². The molecule has 1 aliphatic heterocycles. The molecule has 32 heavy (non-hydrogen) atoms. The van der Waals surface area contributed by atoms with Crippen LogP contribution in [0.1, 0.15) is 23.7 Å². The van der Waals surface area contributed by atoms with Gasteiger partial charge in [0.05, 0.1) is 12.7 Å². The maximum Gasteiger partial charge on any atom is 0.328 e. The lowest BCUT2D eigenvalue weighted by Crippen LogP contribution is -2.42. The minimum absolute atomic E-state index is 0.177. The number of methoxy groups -OCH3 is 1. The van der Waals surface area contributed by atoms with Gasteiger partial charge in [-0.1, -0.05) is 18.2 Å². The van der Waals surface area contributed by atoms with Gasteiger partial charge in [-0.05, 0) is 29.8 Å². The molecule has 0 aliphatic carbocycles. The lowest BCUT2D eigenvalue weighted by molar-refractivity contribution is -0.144. The van der Waals surface area contributed by atoms with E-state index in [2.05, 4.69) is 25.8 Å². The zero-order valence-electron chi connectivity index (χ0n) is 17.5. The van der Waals surface area contributed by atoms with E-state index in [1.807, 2.05) is 30.3 Å². The van der Waals surface area contributed by atoms with Crippen molar-refractivity contribution in [3.05, 3.63) is 71.2 Å². The van der Waals surface area contributed by atoms with Gasteiger partial charge in [0, 0.05) is 47.9 Å². The number of nitrogens with zero attached hydrogens (tertiary/aromatic N) is 2. The number of H-pyrrole nitrogens is 1. The van der Waals surface area contributed by atoms with Crippen LogP contribution in [0.4, 0.5) is 0 Å². The van der Waals surface area contributed by atoms with Crippen LogP contribution in [-0.2, 0) is 25.5 Å². The second-order valence-electron chi connectivity index (χ2n) is 7.24. The molecule has 1 aromatic carbocycles. The molecular weight excluding hydrogens is 410 g/mol. The lowest BCUT2D eigenvalue weighted by atomic mass is 9.98. The number of amides is 2. The molecule has 3 N–H and O–H groups in total. The number of nitrogens with one attached hydrogen (secondary N) is 3. The van der Waals surface area contributed by atoms with Crippen LogP contribution in [0, 0.1) is 0 Å². The van der Waals surface area contributed by atoms with E-state index >= 15 is 0 Å². The van der Waals surface area contributed by atoms with Gasteiger partial charge in [0.25, 0.3) is 5.91 Å². The summed E-state index contributed by atoms with van der Waals surface area (Å²) in [5.74, 6) is -1.25. The SMILES string of the molecule is COC(=O)C(Cc1c(C=C2C(=O)NN=C2c2cccnc2)[nH]c2ccccc12)NC(C)=O. The summed E-state index contributed by atoms with van der Waals surface area (Å²) >= 11 is 0. The molecule has 0 fully saturated rings. The Bertz CT molecular complexity index is 1260. The van der Waals surface area contributed by atoms with Crippen molar-refractivity contribution in [1.29, 1.82) is 0 Å². The normalized spacial score (nSPS) is 15.4. The second kappa shape index (κ2) is 8.84. The number of para-hydroxylation sites is 1. The maximum atomic E-state index is 12.6. The van der Waals surface area contributed by atoms with E-state index in [1.54, 1.807) is 24.5 Å². The van der Waals surface area contributed by atoms with Crippen molar-refractivity contribution in [1.82, 2.24) is 20.7 Å². The van der Waals surface area contributed by atoms with Gasteiger partial charge in [0.1, 0.15) is 11.8 Å². The predicted octanol–water partition coefficient (Wildman–Crippen LogP) is 1.70. The van der Waals surface area contributed by atoms with Gasteiger partial charge in [-0.25, -0.2) is 10.2 Å². The van der Waals surface area contributed by atoms with Gasteiger partial charge < -0.3 is 15.0 Å². The molecule has 0 radical (unpaired) electrons. The quantitative estimate of drug-likeness (QED) is 0.405. The summed E-state index contributed by atoms with van der Waals surface area (Å²) < 4.78 is 4.87. The standard InChI is InChI=1S/C23H21N5O4/c1-13(29)25-20(23(31)32-2)10-16-15-7-3-4-8-18(15)26-19(16)11-17-21(27-28-22(17)30)14-6-5-9-24-12-14/h3-9,11-12,20,26H,10H2,1-2H3,(H,25,29)(H,28,30). The summed E-state index contributed by atoms with van der Waals surface area (Å²) in [6.45, 7) is 1.34. The number of aromatic amines is 1. The van der Waals surface area contributed by atoms with Crippen LogP contribution in [-0.4, -0.2) is 46.6 Å². The first-order valence-corrected chi connectivity index (χ1v) is 9.93. The van der Waals surface area contributed by atoms with E-state index < -0.39 is 12.0 Å². The first-order chi connectivity index (χ1) is 15.5. The van der Waals surface area contributed by atoms with E-state index in [-0.39, 0.29) is 18.2 Å². The van der Waals surface area contributed by atoms with Crippen LogP contribution in [0.15, 0.2) is 59.5 Å². The highest BCUT2D eigenvalue weighted by molar-refractivity contribution is 6.33. The molecule has 1 aliphatic rings. The number of hydrazone groups is 1. The van der Waals surface area contributed by atoms with E-state index in [4.69, 9.17) is 4.74 Å². The highest BCUT2D eigenvalue weighted by Crippen LogP contribution is 2.27. The fourth-order valence-corrected chi connectivity index (χ4v) is 3.68. The lowest BCUT2D eigenvalue weighted by Gasteiger charge is -2.16. The summed E-state index contributed by atoms with van der Waals surface area (Å²) in [6.07, 6.45) is 5.15. The number of pyridine rings is 1. The first-order valence-electron chi connectivity index (χ1n) is 9.93. The Morgan fingerprint density at radius 3 is 2.75 bits per heavy atom. The number of carbonyl (C=O) groups excluding carboxylic acids is 3. The fourth-order valence-electron chi connectivity index (χ4n) is 3.68. The van der Waals surface area contributed by atoms with Crippen LogP contribution in [0.25, 0.3) is 17.0 Å². The van der Waals surface area contributed by atoms with Gasteiger partial charge in [0.2, 0.25) is 5.91 Å². The van der Waals surface area contributed by atoms with Gasteiger partial charge in [-0.2, -0.15) is 5.10 Å². The molecule has 9 heteroatoms. The number of hydrogen-bond acceptors (Lipinski definition) is 6. The van der Waals surface area contributed by atoms with Gasteiger partial charge in [0.15, 0.2) is 0 Å². The van der Waals surface area contributed by atoms with Gasteiger partial charge in [-0.3, -0.25) is 14.6 Å². The van der Waals surface area contributed by atoms with Crippen LogP contribution < -0.4 is 10.7 Å². The molecule has 1 unspecified atom stereocenters. The number of fused-ring (bicyclic) bond motifs is 1. The summed E-state index contributed by atoms with van der Waals surface area (Å²) in [7, 11) is 1.27. The Hall–Kier alpha value is -4.27. The third-order valence-corrected chi connectivity index (χ3v) is 5.11. The van der Waals surface area contributed by atoms with Crippen molar-refractivity contribution in [2.24, 2.45) is 5.10 Å². The summed E-state index contributed by atoms with van der Waals surface area (Å²) in [5, 5.41) is 7.66. The third-order valence-electron chi connectivity index (χ3n) is 5.11. The highest BCUT2D eigenvalue weighted by atomic mass is 16.5. The van der Waals surface area contributed by atoms with E-state index in [9.17, 15) is 14.4 Å². The number of hydrogen-bond donors (Lipinski definition) is 3. The molecular formula is C23H21N5O4. The molecule has 162 valence electrons. The molecule has 0 saturated heterocycles. The second-order valence-corrected chi connectivity index (χ2v) is 7.24. The molecule has 1 atom stereocenters. The number of benzene rings is 1. The zero-order valence-corrected chi connectivity index (χ0v) is 17.5. The minimum Gasteiger partial charge on any atom is -0.467 e. The van der Waals surface area contributed by atoms with Crippen molar-refractivity contribution in [3.8, 4) is 0 Å². The van der Waals surface area contributed by atoms with Crippen molar-refractivity contribution in [3.63, 3.8) is 0 Å². The predicted molar refractivity (Wildman–Crippen MR) is 119 cm³/mol. The number of esters is 1. The van der Waals surface area contributed by atoms with Crippen LogP contribution in [0.5, 0.6) is 0 Å². The van der Waals surface area contributed by atoms with E-state index in [1.165, 1.54) is 14.0 Å². The van der Waals surface area contributed by atoms with Crippen LogP contribution >= 0.6 is 0 Å². The van der Waals surface area contributed by atoms with Crippen molar-refractivity contribution < 1.29 is 19.1 Å². The Morgan fingerprint density at radius 2 is 2.03 bits per heavy atom. The van der Waals surface area contributed by atoms with Crippen molar-refractivity contribution >= 4 is 40.5 Å². The maximum absolute atomic E-state index is 12.6. The molecule has 3 aromatic rings. The molecule has 0 spiro atoms. The molecule has 3 heterocycles. The van der Waals surface area contributed by atoms with Crippen LogP contribution in [0.2, 0.25) is 0 Å². The topological polar surface area (TPSA) is 126 Å². The van der Waals surface area contributed by atoms with Crippen molar-refractivity contribution in [2.45, 2.75) is 19.4 Å². The number of aromatic nitrogens is 2. The van der Waals surface area contributed by atoms with E-state index in [0.29, 0.717) is 22.5 Å². The van der Waals surface area contributed by atoms with E-state index in [0.717, 1.165) is 16.5 Å². The molecule has 0 saturated carbocycles. The summed E-state index contributed by atoms with van der Waals surface area (Å²) in [6, 6.07) is 10.3. The summed E-state index contributed by atoms with van der Waals surface area (Å²) in [4.78, 5) is 43.9. The average molecular weight is 431 g/mol. The molecule has 4 rings (SSSR count). The molecule has 0 bridgehead atoms. The third kappa shape index (κ3) is 4.13. The number of rotatable bonds is 6. The van der Waals surface area contributed by atoms with Crippen LogP contribution in [0.3, 0.4) is 0 Å². The smallest absolute Gasteiger partial charge is 0.328 e. The minimum atomic E-state index is -0.877. The number of ether oxygens (including phenoxy) is 1. The monoisotopic (exact) mass is 431 g/mol. The fraction of sp³-hybridized carbons (Fsp3) is 0.174. The van der Waals surface area contributed by atoms with Gasteiger partial charge in [-0.15, -0.1) is 0 Å². The average Bonchev–Trinajstić information content (AvgIpc) is 3.33. The molecule has 2 aromatic heterocycles. The Morgan fingerprint density at radius 1 is 1.22 bits per heavy atom. The molecule has 9 nitrogen and oxygen atoms in total. The largest absolute Gasteiger partial charge is 0.467 e. The Labute approximate surface area is 183 Å². The number of carbonyl (C=O) groups is 3. The Kier molecular flexibility index (Phi) is 5.80. The zero-order chi connectivity index (χ0) is 22.7. The Balaban J connectivity index is 1.81.